The highest BCUT2D eigenvalue weighted by molar-refractivity contribution is 5.83. The van der Waals surface area contributed by atoms with Crippen molar-refractivity contribution in [1.29, 1.82) is 0 Å². The van der Waals surface area contributed by atoms with E-state index in [-0.39, 0.29) is 0 Å². The standard InChI is InChI=1S/C24H27N5O/c1-5-28-23-10-8-7-9-22(23)26-24(28)27-25-16-19-15-17(3)29(18(19)4)20-11-13-21(14-12-20)30-6-2/h7-16H,5-6H2,1-4H3,(H,26,27)/b25-16-. The van der Waals surface area contributed by atoms with Gasteiger partial charge in [0.15, 0.2) is 0 Å². The Morgan fingerprint density at radius 2 is 1.83 bits per heavy atom. The number of aryl methyl sites for hydroxylation is 2. The Kier molecular flexibility index (Phi) is 5.57. The van der Waals surface area contributed by atoms with Crippen LogP contribution in [-0.2, 0) is 6.54 Å². The molecular formula is C24H27N5O. The van der Waals surface area contributed by atoms with Crippen LogP contribution in [-0.4, -0.2) is 26.9 Å². The van der Waals surface area contributed by atoms with Crippen molar-refractivity contribution < 1.29 is 4.74 Å². The number of hydrazone groups is 1. The molecule has 2 aromatic carbocycles. The first-order valence-electron chi connectivity index (χ1n) is 10.3. The molecule has 4 rings (SSSR count). The zero-order valence-corrected chi connectivity index (χ0v) is 17.9. The average molecular weight is 402 g/mol. The van der Waals surface area contributed by atoms with Crippen molar-refractivity contribution in [3.63, 3.8) is 0 Å². The number of anilines is 1. The van der Waals surface area contributed by atoms with Gasteiger partial charge in [-0.2, -0.15) is 5.10 Å². The van der Waals surface area contributed by atoms with E-state index < -0.39 is 0 Å². The summed E-state index contributed by atoms with van der Waals surface area (Å²) >= 11 is 0. The summed E-state index contributed by atoms with van der Waals surface area (Å²) in [5.41, 5.74) is 9.63. The van der Waals surface area contributed by atoms with Crippen molar-refractivity contribution in [2.24, 2.45) is 5.10 Å². The fourth-order valence-corrected chi connectivity index (χ4v) is 3.81. The van der Waals surface area contributed by atoms with Crippen LogP contribution in [0.2, 0.25) is 0 Å². The van der Waals surface area contributed by atoms with Crippen molar-refractivity contribution in [2.45, 2.75) is 34.2 Å². The van der Waals surface area contributed by atoms with Crippen molar-refractivity contribution in [2.75, 3.05) is 12.0 Å². The van der Waals surface area contributed by atoms with E-state index in [4.69, 9.17) is 4.74 Å². The van der Waals surface area contributed by atoms with Crippen molar-refractivity contribution in [3.05, 3.63) is 71.5 Å². The van der Waals surface area contributed by atoms with Crippen LogP contribution in [0, 0.1) is 13.8 Å². The first kappa shape index (κ1) is 19.8. The fourth-order valence-electron chi connectivity index (χ4n) is 3.81. The summed E-state index contributed by atoms with van der Waals surface area (Å²) in [6.45, 7) is 9.79. The Balaban J connectivity index is 1.57. The molecular weight excluding hydrogens is 374 g/mol. The minimum absolute atomic E-state index is 0.667. The smallest absolute Gasteiger partial charge is 0.224 e. The number of nitrogens with one attached hydrogen (secondary N) is 1. The van der Waals surface area contributed by atoms with Crippen LogP contribution >= 0.6 is 0 Å². The number of hydrogen-bond acceptors (Lipinski definition) is 4. The molecule has 0 unspecified atom stereocenters. The third-order valence-electron chi connectivity index (χ3n) is 5.22. The van der Waals surface area contributed by atoms with E-state index >= 15 is 0 Å². The number of ether oxygens (including phenoxy) is 1. The maximum Gasteiger partial charge on any atom is 0.224 e. The topological polar surface area (TPSA) is 56.4 Å². The van der Waals surface area contributed by atoms with Gasteiger partial charge in [-0.3, -0.25) is 0 Å². The molecule has 6 nitrogen and oxygen atoms in total. The van der Waals surface area contributed by atoms with Gasteiger partial charge < -0.3 is 13.9 Å². The average Bonchev–Trinajstić information content (AvgIpc) is 3.25. The predicted octanol–water partition coefficient (Wildman–Crippen LogP) is 5.31. The van der Waals surface area contributed by atoms with E-state index in [1.54, 1.807) is 0 Å². The number of para-hydroxylation sites is 2. The molecule has 0 aliphatic carbocycles. The molecule has 0 spiro atoms. The second-order valence-electron chi connectivity index (χ2n) is 7.13. The fraction of sp³-hybridized carbons (Fsp3) is 0.250. The molecule has 1 N–H and O–H groups in total. The lowest BCUT2D eigenvalue weighted by atomic mass is 10.2. The van der Waals surface area contributed by atoms with Crippen LogP contribution in [0.4, 0.5) is 5.95 Å². The van der Waals surface area contributed by atoms with E-state index in [0.29, 0.717) is 6.61 Å². The molecule has 154 valence electrons. The minimum atomic E-state index is 0.667. The van der Waals surface area contributed by atoms with Crippen LogP contribution in [0.5, 0.6) is 5.75 Å². The molecule has 0 saturated carbocycles. The van der Waals surface area contributed by atoms with E-state index in [2.05, 4.69) is 69.7 Å². The summed E-state index contributed by atoms with van der Waals surface area (Å²) < 4.78 is 9.89. The van der Waals surface area contributed by atoms with Crippen molar-refractivity contribution in [3.8, 4) is 11.4 Å². The van der Waals surface area contributed by atoms with Crippen LogP contribution in [0.3, 0.4) is 0 Å². The molecule has 6 heteroatoms. The molecule has 0 saturated heterocycles. The maximum atomic E-state index is 5.55. The van der Waals surface area contributed by atoms with Gasteiger partial charge in [0.2, 0.25) is 5.95 Å². The van der Waals surface area contributed by atoms with Crippen LogP contribution in [0.25, 0.3) is 16.7 Å². The monoisotopic (exact) mass is 401 g/mol. The molecule has 30 heavy (non-hydrogen) atoms. The molecule has 2 aromatic heterocycles. The van der Waals surface area contributed by atoms with Crippen LogP contribution < -0.4 is 10.2 Å². The number of benzene rings is 2. The van der Waals surface area contributed by atoms with E-state index in [9.17, 15) is 0 Å². The van der Waals surface area contributed by atoms with Gasteiger partial charge in [0.05, 0.1) is 23.9 Å². The summed E-state index contributed by atoms with van der Waals surface area (Å²) in [4.78, 5) is 4.65. The highest BCUT2D eigenvalue weighted by atomic mass is 16.5. The molecule has 0 aliphatic rings. The Morgan fingerprint density at radius 1 is 1.07 bits per heavy atom. The first-order valence-corrected chi connectivity index (χ1v) is 10.3. The molecule has 0 bridgehead atoms. The SMILES string of the molecule is CCOc1ccc(-n2c(C)cc(/C=N\Nc3nc4ccccc4n3CC)c2C)cc1. The molecule has 0 amide bonds. The van der Waals surface area contributed by atoms with Gasteiger partial charge in [-0.15, -0.1) is 0 Å². The van der Waals surface area contributed by atoms with Crippen molar-refractivity contribution >= 4 is 23.2 Å². The number of imidazole rings is 1. The Hall–Kier alpha value is -3.54. The number of nitrogens with zero attached hydrogens (tertiary/aromatic N) is 4. The van der Waals surface area contributed by atoms with Gasteiger partial charge in [-0.1, -0.05) is 12.1 Å². The highest BCUT2D eigenvalue weighted by Crippen LogP contribution is 2.23. The lowest BCUT2D eigenvalue weighted by Gasteiger charge is -2.11. The van der Waals surface area contributed by atoms with E-state index in [0.717, 1.165) is 51.9 Å². The third kappa shape index (κ3) is 3.68. The van der Waals surface area contributed by atoms with Crippen LogP contribution in [0.15, 0.2) is 59.7 Å². The van der Waals surface area contributed by atoms with Gasteiger partial charge >= 0.3 is 0 Å². The molecule has 4 aromatic rings. The van der Waals surface area contributed by atoms with Gasteiger partial charge in [-0.05, 0) is 70.2 Å². The molecule has 0 aliphatic heterocycles. The normalized spacial score (nSPS) is 11.5. The van der Waals surface area contributed by atoms with Gasteiger partial charge in [0.25, 0.3) is 0 Å². The van der Waals surface area contributed by atoms with E-state index in [1.807, 2.05) is 43.5 Å². The summed E-state index contributed by atoms with van der Waals surface area (Å²) in [6, 6.07) is 18.4. The number of rotatable bonds is 7. The zero-order valence-electron chi connectivity index (χ0n) is 17.9. The quantitative estimate of drug-likeness (QED) is 0.337. The second kappa shape index (κ2) is 8.45. The molecule has 0 atom stereocenters. The second-order valence-corrected chi connectivity index (χ2v) is 7.13. The summed E-state index contributed by atoms with van der Waals surface area (Å²) in [5, 5.41) is 4.47. The molecule has 0 fully saturated rings. The Bertz CT molecular complexity index is 1180. The van der Waals surface area contributed by atoms with Crippen LogP contribution in [0.1, 0.15) is 30.8 Å². The van der Waals surface area contributed by atoms with Gasteiger partial charge in [-0.25, -0.2) is 10.4 Å². The zero-order chi connectivity index (χ0) is 21.1. The first-order chi connectivity index (χ1) is 14.6. The van der Waals surface area contributed by atoms with E-state index in [1.165, 1.54) is 0 Å². The summed E-state index contributed by atoms with van der Waals surface area (Å²) in [6.07, 6.45) is 1.85. The van der Waals surface area contributed by atoms with Gasteiger partial charge in [0.1, 0.15) is 5.75 Å². The maximum absolute atomic E-state index is 5.55. The summed E-state index contributed by atoms with van der Waals surface area (Å²) in [5.74, 6) is 1.63. The minimum Gasteiger partial charge on any atom is -0.494 e. The molecule has 2 heterocycles. The molecule has 0 radical (unpaired) electrons. The number of aromatic nitrogens is 3. The Labute approximate surface area is 176 Å². The predicted molar refractivity (Wildman–Crippen MR) is 123 cm³/mol. The summed E-state index contributed by atoms with van der Waals surface area (Å²) in [7, 11) is 0. The van der Waals surface area contributed by atoms with Gasteiger partial charge in [0, 0.05) is 29.2 Å². The number of fused-ring (bicyclic) bond motifs is 1. The number of hydrogen-bond donors (Lipinski definition) is 1. The highest BCUT2D eigenvalue weighted by Gasteiger charge is 2.11. The lowest BCUT2D eigenvalue weighted by Crippen LogP contribution is -2.02. The Morgan fingerprint density at radius 3 is 2.57 bits per heavy atom. The third-order valence-corrected chi connectivity index (χ3v) is 5.22. The largest absolute Gasteiger partial charge is 0.494 e. The van der Waals surface area contributed by atoms with Crippen molar-refractivity contribution in [1.82, 2.24) is 14.1 Å². The lowest BCUT2D eigenvalue weighted by molar-refractivity contribution is 0.340.